The zero-order valence-electron chi connectivity index (χ0n) is 20.2. The second-order valence-corrected chi connectivity index (χ2v) is 8.28. The van der Waals surface area contributed by atoms with Crippen molar-refractivity contribution >= 4 is 5.97 Å². The van der Waals surface area contributed by atoms with Gasteiger partial charge in [0, 0.05) is 11.6 Å². The lowest BCUT2D eigenvalue weighted by molar-refractivity contribution is -0.128. The van der Waals surface area contributed by atoms with Gasteiger partial charge in [-0.1, -0.05) is 69.5 Å². The van der Waals surface area contributed by atoms with Crippen molar-refractivity contribution < 1.29 is 18.7 Å². The summed E-state index contributed by atoms with van der Waals surface area (Å²) in [5.74, 6) is 0.848. The summed E-state index contributed by atoms with van der Waals surface area (Å²) in [6.45, 7) is 13.1. The zero-order chi connectivity index (χ0) is 25.2. The monoisotopic (exact) mass is 470 g/mol. The van der Waals surface area contributed by atoms with Crippen LogP contribution in [0.3, 0.4) is 0 Å². The number of ether oxygens (including phenoxy) is 2. The molecule has 4 heteroatoms. The zero-order valence-corrected chi connectivity index (χ0v) is 20.2. The fourth-order valence-corrected chi connectivity index (χ4v) is 3.69. The summed E-state index contributed by atoms with van der Waals surface area (Å²) in [7, 11) is 0. The Morgan fingerprint density at radius 1 is 0.886 bits per heavy atom. The highest BCUT2D eigenvalue weighted by atomic mass is 19.1. The van der Waals surface area contributed by atoms with E-state index in [4.69, 9.17) is 9.47 Å². The standard InChI is InChI=1S/C31H31FO3/c1-5-8-9-25-15-16-26(21-30(25)34-22(4)6-2)28-19-14-24(20-29(28)32)11-10-23-12-17-27(18-13-23)35-31(33)7-3/h6-7,12-21H,2-5,8-11H2,1H3. The smallest absolute Gasteiger partial charge is 0.335 e. The number of unbranched alkanes of at least 4 members (excludes halogenated alkanes) is 1. The Hall–Kier alpha value is -3.92. The van der Waals surface area contributed by atoms with E-state index in [9.17, 15) is 4.79 Å². The van der Waals surface area contributed by atoms with Crippen molar-refractivity contribution in [3.63, 3.8) is 0 Å². The molecule has 0 aromatic heterocycles. The van der Waals surface area contributed by atoms with Crippen LogP contribution in [-0.2, 0) is 24.1 Å². The Morgan fingerprint density at radius 3 is 2.26 bits per heavy atom. The lowest BCUT2D eigenvalue weighted by atomic mass is 9.97. The fraction of sp³-hybridized carbons (Fsp3) is 0.194. The molecular weight excluding hydrogens is 439 g/mol. The highest BCUT2D eigenvalue weighted by molar-refractivity contribution is 5.83. The van der Waals surface area contributed by atoms with E-state index in [-0.39, 0.29) is 5.82 Å². The van der Waals surface area contributed by atoms with Gasteiger partial charge >= 0.3 is 5.97 Å². The Kier molecular flexibility index (Phi) is 9.19. The number of rotatable bonds is 12. The van der Waals surface area contributed by atoms with Crippen LogP contribution in [0.5, 0.6) is 11.5 Å². The van der Waals surface area contributed by atoms with Crippen molar-refractivity contribution in [3.8, 4) is 22.6 Å². The first-order valence-corrected chi connectivity index (χ1v) is 11.8. The van der Waals surface area contributed by atoms with Crippen LogP contribution in [0.2, 0.25) is 0 Å². The number of hydrogen-bond donors (Lipinski definition) is 0. The van der Waals surface area contributed by atoms with Crippen molar-refractivity contribution in [3.05, 3.63) is 121 Å². The minimum absolute atomic E-state index is 0.274. The molecule has 3 nitrogen and oxygen atoms in total. The lowest BCUT2D eigenvalue weighted by Gasteiger charge is -2.14. The van der Waals surface area contributed by atoms with Crippen LogP contribution in [-0.4, -0.2) is 5.97 Å². The molecule has 0 radical (unpaired) electrons. The number of aryl methyl sites for hydroxylation is 3. The van der Waals surface area contributed by atoms with Crippen LogP contribution >= 0.6 is 0 Å². The number of halogens is 1. The van der Waals surface area contributed by atoms with E-state index in [2.05, 4.69) is 26.7 Å². The maximum absolute atomic E-state index is 15.1. The van der Waals surface area contributed by atoms with E-state index in [1.807, 2.05) is 42.5 Å². The molecule has 0 saturated carbocycles. The SMILES string of the molecule is C=CC(=C)Oc1cc(-c2ccc(CCc3ccc(OC(=O)C=C)cc3)cc2F)ccc1CCCC. The maximum atomic E-state index is 15.1. The number of hydrogen-bond acceptors (Lipinski definition) is 3. The van der Waals surface area contributed by atoms with E-state index >= 15 is 4.39 Å². The second-order valence-electron chi connectivity index (χ2n) is 8.28. The summed E-state index contributed by atoms with van der Waals surface area (Å²) < 4.78 is 26.1. The van der Waals surface area contributed by atoms with Gasteiger partial charge in [-0.3, -0.25) is 0 Å². The molecule has 3 aromatic carbocycles. The first kappa shape index (κ1) is 25.7. The van der Waals surface area contributed by atoms with Crippen LogP contribution in [0.4, 0.5) is 4.39 Å². The van der Waals surface area contributed by atoms with Gasteiger partial charge in [0.05, 0.1) is 0 Å². The third-order valence-electron chi connectivity index (χ3n) is 5.69. The third kappa shape index (κ3) is 7.28. The summed E-state index contributed by atoms with van der Waals surface area (Å²) in [6, 6.07) is 18.4. The predicted molar refractivity (Wildman–Crippen MR) is 140 cm³/mol. The number of carbonyl (C=O) groups excluding carboxylic acids is 1. The van der Waals surface area contributed by atoms with E-state index < -0.39 is 5.97 Å². The summed E-state index contributed by atoms with van der Waals surface area (Å²) in [6.07, 6.45) is 7.12. The molecule has 0 fully saturated rings. The van der Waals surface area contributed by atoms with Crippen molar-refractivity contribution in [2.45, 2.75) is 39.0 Å². The Morgan fingerprint density at radius 2 is 1.60 bits per heavy atom. The van der Waals surface area contributed by atoms with Crippen molar-refractivity contribution in [2.75, 3.05) is 0 Å². The topological polar surface area (TPSA) is 35.5 Å². The van der Waals surface area contributed by atoms with E-state index in [1.165, 1.54) is 0 Å². The molecule has 0 aliphatic rings. The number of carbonyl (C=O) groups is 1. The normalized spacial score (nSPS) is 10.5. The molecule has 0 atom stereocenters. The number of benzene rings is 3. The molecule has 3 rings (SSSR count). The van der Waals surface area contributed by atoms with E-state index in [1.54, 1.807) is 24.3 Å². The van der Waals surface area contributed by atoms with Gasteiger partial charge < -0.3 is 9.47 Å². The average molecular weight is 471 g/mol. The molecule has 0 N–H and O–H groups in total. The quantitative estimate of drug-likeness (QED) is 0.0891. The molecule has 0 heterocycles. The minimum atomic E-state index is -0.492. The average Bonchev–Trinajstić information content (AvgIpc) is 2.87. The Bertz CT molecular complexity index is 1210. The summed E-state index contributed by atoms with van der Waals surface area (Å²) in [5.41, 5.74) is 4.33. The van der Waals surface area contributed by atoms with Gasteiger partial charge in [0.15, 0.2) is 0 Å². The van der Waals surface area contributed by atoms with Crippen LogP contribution in [0, 0.1) is 5.82 Å². The minimum Gasteiger partial charge on any atom is -0.458 e. The van der Waals surface area contributed by atoms with Crippen LogP contribution < -0.4 is 9.47 Å². The summed E-state index contributed by atoms with van der Waals surface area (Å²) in [5, 5.41) is 0. The molecule has 0 amide bonds. The van der Waals surface area contributed by atoms with E-state index in [0.29, 0.717) is 29.2 Å². The molecule has 0 aliphatic carbocycles. The summed E-state index contributed by atoms with van der Waals surface area (Å²) >= 11 is 0. The van der Waals surface area contributed by atoms with Gasteiger partial charge in [-0.05, 0) is 78.3 Å². The van der Waals surface area contributed by atoms with Crippen LogP contribution in [0.15, 0.2) is 98.3 Å². The van der Waals surface area contributed by atoms with Crippen molar-refractivity contribution in [1.82, 2.24) is 0 Å². The molecule has 0 bridgehead atoms. The third-order valence-corrected chi connectivity index (χ3v) is 5.69. The Balaban J connectivity index is 1.73. The molecule has 0 unspecified atom stereocenters. The molecule has 35 heavy (non-hydrogen) atoms. The molecule has 180 valence electrons. The first-order chi connectivity index (χ1) is 16.9. The highest BCUT2D eigenvalue weighted by Crippen LogP contribution is 2.31. The van der Waals surface area contributed by atoms with Crippen molar-refractivity contribution in [2.24, 2.45) is 0 Å². The Labute approximate surface area is 207 Å². The predicted octanol–water partition coefficient (Wildman–Crippen LogP) is 7.79. The number of allylic oxidation sites excluding steroid dienone is 1. The largest absolute Gasteiger partial charge is 0.458 e. The van der Waals surface area contributed by atoms with Gasteiger partial charge in [-0.25, -0.2) is 9.18 Å². The molecule has 0 saturated heterocycles. The van der Waals surface area contributed by atoms with Crippen LogP contribution in [0.1, 0.15) is 36.5 Å². The second kappa shape index (κ2) is 12.5. The van der Waals surface area contributed by atoms with Crippen LogP contribution in [0.25, 0.3) is 11.1 Å². The molecule has 3 aromatic rings. The van der Waals surface area contributed by atoms with Gasteiger partial charge in [-0.2, -0.15) is 0 Å². The van der Waals surface area contributed by atoms with E-state index in [0.717, 1.165) is 54.0 Å². The first-order valence-electron chi connectivity index (χ1n) is 11.8. The molecular formula is C31H31FO3. The lowest BCUT2D eigenvalue weighted by Crippen LogP contribution is -2.03. The van der Waals surface area contributed by atoms with Crippen molar-refractivity contribution in [1.29, 1.82) is 0 Å². The summed E-state index contributed by atoms with van der Waals surface area (Å²) in [4.78, 5) is 11.3. The molecule has 0 spiro atoms. The van der Waals surface area contributed by atoms with Gasteiger partial charge in [0.2, 0.25) is 0 Å². The highest BCUT2D eigenvalue weighted by Gasteiger charge is 2.12. The van der Waals surface area contributed by atoms with Gasteiger partial charge in [0.25, 0.3) is 0 Å². The number of esters is 1. The maximum Gasteiger partial charge on any atom is 0.335 e. The molecule has 0 aliphatic heterocycles. The van der Waals surface area contributed by atoms with Gasteiger partial charge in [0.1, 0.15) is 23.1 Å². The fourth-order valence-electron chi connectivity index (χ4n) is 3.69. The van der Waals surface area contributed by atoms with Gasteiger partial charge in [-0.15, -0.1) is 0 Å².